The molecule has 1 amide bonds. The molecule has 2 heterocycles. The lowest BCUT2D eigenvalue weighted by atomic mass is 10.2. The number of nitrogens with zero attached hydrogens (tertiary/aromatic N) is 5. The molecule has 0 radical (unpaired) electrons. The Hall–Kier alpha value is -4.61. The summed E-state index contributed by atoms with van der Waals surface area (Å²) in [5.74, 6) is -0.459. The molecule has 18 heteroatoms. The molecule has 2 aliphatic heterocycles. The van der Waals surface area contributed by atoms with Gasteiger partial charge in [0.05, 0.1) is 33.4 Å². The molecule has 0 bridgehead atoms. The summed E-state index contributed by atoms with van der Waals surface area (Å²) in [6, 6.07) is 7.22. The van der Waals surface area contributed by atoms with Gasteiger partial charge in [-0.15, -0.1) is 0 Å². The zero-order chi connectivity index (χ0) is 30.1. The molecule has 4 rings (SSSR count). The van der Waals surface area contributed by atoms with E-state index < -0.39 is 29.2 Å². The van der Waals surface area contributed by atoms with E-state index in [-0.39, 0.29) is 54.7 Å². The zero-order valence-corrected chi connectivity index (χ0v) is 21.3. The summed E-state index contributed by atoms with van der Waals surface area (Å²) in [5, 5.41) is 33.4. The molecule has 2 N–H and O–H groups in total. The molecule has 2 saturated heterocycles. The molecule has 0 spiro atoms. The quantitative estimate of drug-likeness (QED) is 0.262. The van der Waals surface area contributed by atoms with Crippen molar-refractivity contribution in [3.05, 3.63) is 56.6 Å². The third-order valence-corrected chi connectivity index (χ3v) is 6.09. The molecule has 14 nitrogen and oxygen atoms in total. The minimum absolute atomic E-state index is 0.161. The van der Waals surface area contributed by atoms with Gasteiger partial charge in [-0.3, -0.25) is 20.2 Å². The molecule has 0 unspecified atom stereocenters. The summed E-state index contributed by atoms with van der Waals surface area (Å²) >= 11 is 0. The second kappa shape index (κ2) is 14.1. The molecule has 0 aliphatic carbocycles. The number of benzene rings is 2. The molecule has 2 aliphatic rings. The first-order valence-corrected chi connectivity index (χ1v) is 12.1. The third kappa shape index (κ3) is 8.69. The van der Waals surface area contributed by atoms with Crippen molar-refractivity contribution in [3.8, 4) is 11.5 Å². The van der Waals surface area contributed by atoms with Crippen molar-refractivity contribution < 1.29 is 46.8 Å². The molecule has 0 aromatic heterocycles. The summed E-state index contributed by atoms with van der Waals surface area (Å²) in [4.78, 5) is 35.6. The molecule has 224 valence electrons. The number of carbonyl (C=O) groups is 1. The van der Waals surface area contributed by atoms with Crippen LogP contribution in [0.15, 0.2) is 36.4 Å². The first kappa shape index (κ1) is 30.9. The Kier molecular flexibility index (Phi) is 10.7. The zero-order valence-electron chi connectivity index (χ0n) is 21.3. The van der Waals surface area contributed by atoms with E-state index in [1.165, 1.54) is 29.2 Å². The number of nitro benzene ring substituents is 2. The predicted molar refractivity (Wildman–Crippen MR) is 136 cm³/mol. The topological polar surface area (TPSA) is 164 Å². The standard InChI is InChI=1S/C12H13F2N3O5.C11H13F2N3O3/c13-11(14)22-10-7-8(17(20)21)1-2-9(10)15-3-5-16(6-4-15)12(18)19;12-11(13)19-10-7-8(16(17)18)1-2-9(10)15-5-3-14-4-6-15/h1-2,7,11H,3-6H2,(H,18,19);1-2,7,11,14H,3-6H2. The lowest BCUT2D eigenvalue weighted by Crippen LogP contribution is -2.48. The van der Waals surface area contributed by atoms with Crippen LogP contribution < -0.4 is 24.6 Å². The van der Waals surface area contributed by atoms with E-state index in [1.807, 2.05) is 4.90 Å². The van der Waals surface area contributed by atoms with Crippen LogP contribution in [0.25, 0.3) is 0 Å². The van der Waals surface area contributed by atoms with Crippen LogP contribution in [0, 0.1) is 20.2 Å². The highest BCUT2D eigenvalue weighted by atomic mass is 19.3. The number of hydrogen-bond acceptors (Lipinski definition) is 10. The van der Waals surface area contributed by atoms with Crippen LogP contribution in [-0.2, 0) is 0 Å². The molecule has 2 aromatic rings. The van der Waals surface area contributed by atoms with Crippen molar-refractivity contribution in [1.82, 2.24) is 10.2 Å². The second-order valence-corrected chi connectivity index (χ2v) is 8.57. The fourth-order valence-electron chi connectivity index (χ4n) is 4.18. The van der Waals surface area contributed by atoms with Crippen molar-refractivity contribution >= 4 is 28.8 Å². The molecule has 41 heavy (non-hydrogen) atoms. The van der Waals surface area contributed by atoms with Gasteiger partial charge in [0.25, 0.3) is 11.4 Å². The minimum atomic E-state index is -3.11. The van der Waals surface area contributed by atoms with Crippen LogP contribution in [0.3, 0.4) is 0 Å². The maximum atomic E-state index is 12.5. The summed E-state index contributed by atoms with van der Waals surface area (Å²) in [6.07, 6.45) is -1.05. The van der Waals surface area contributed by atoms with Gasteiger partial charge in [-0.1, -0.05) is 0 Å². The Balaban J connectivity index is 0.000000228. The maximum Gasteiger partial charge on any atom is 0.407 e. The van der Waals surface area contributed by atoms with Gasteiger partial charge < -0.3 is 34.6 Å². The molecule has 0 atom stereocenters. The molecule has 2 fully saturated rings. The van der Waals surface area contributed by atoms with E-state index in [4.69, 9.17) is 5.11 Å². The van der Waals surface area contributed by atoms with E-state index in [1.54, 1.807) is 4.90 Å². The normalized spacial score (nSPS) is 15.3. The number of amides is 1. The van der Waals surface area contributed by atoms with E-state index in [0.717, 1.165) is 25.2 Å². The lowest BCUT2D eigenvalue weighted by molar-refractivity contribution is -0.385. The fraction of sp³-hybridized carbons (Fsp3) is 0.435. The van der Waals surface area contributed by atoms with Crippen molar-refractivity contribution in [3.63, 3.8) is 0 Å². The number of halogens is 4. The van der Waals surface area contributed by atoms with Gasteiger partial charge >= 0.3 is 19.3 Å². The predicted octanol–water partition coefficient (Wildman–Crippen LogP) is 3.60. The Morgan fingerprint density at radius 1 is 0.780 bits per heavy atom. The Bertz CT molecular complexity index is 1230. The minimum Gasteiger partial charge on any atom is -0.465 e. The highest BCUT2D eigenvalue weighted by Crippen LogP contribution is 2.35. The first-order valence-electron chi connectivity index (χ1n) is 12.1. The van der Waals surface area contributed by atoms with Gasteiger partial charge in [-0.25, -0.2) is 4.79 Å². The highest BCUT2D eigenvalue weighted by molar-refractivity contribution is 5.67. The smallest absolute Gasteiger partial charge is 0.407 e. The number of non-ortho nitro benzene ring substituents is 2. The van der Waals surface area contributed by atoms with E-state index in [9.17, 15) is 42.6 Å². The van der Waals surface area contributed by atoms with Crippen LogP contribution in [-0.4, -0.2) is 91.5 Å². The number of nitro groups is 2. The number of alkyl halides is 4. The van der Waals surface area contributed by atoms with Crippen molar-refractivity contribution in [1.29, 1.82) is 0 Å². The monoisotopic (exact) mass is 590 g/mol. The van der Waals surface area contributed by atoms with E-state index in [2.05, 4.69) is 14.8 Å². The Morgan fingerprint density at radius 3 is 1.56 bits per heavy atom. The number of carboxylic acid groups (broad SMARTS) is 1. The number of ether oxygens (including phenoxy) is 2. The molecule has 0 saturated carbocycles. The van der Waals surface area contributed by atoms with Gasteiger partial charge in [0.2, 0.25) is 0 Å². The molecule has 2 aromatic carbocycles. The Labute approximate surface area is 229 Å². The number of hydrogen-bond donors (Lipinski definition) is 2. The number of anilines is 2. The average Bonchev–Trinajstić information content (AvgIpc) is 2.93. The second-order valence-electron chi connectivity index (χ2n) is 8.57. The summed E-state index contributed by atoms with van der Waals surface area (Å²) in [5.41, 5.74) is 0.0986. The summed E-state index contributed by atoms with van der Waals surface area (Å²) < 4.78 is 58.4. The SMILES string of the molecule is O=C(O)N1CCN(c2ccc([N+](=O)[O-])cc2OC(F)F)CC1.O=[N+]([O-])c1ccc(N2CCNCC2)c(OC(F)F)c1. The number of nitrogens with one attached hydrogen (secondary N) is 1. The van der Waals surface area contributed by atoms with Crippen molar-refractivity contribution in [2.24, 2.45) is 0 Å². The van der Waals surface area contributed by atoms with Gasteiger partial charge in [-0.05, 0) is 12.1 Å². The van der Waals surface area contributed by atoms with Gasteiger partial charge in [0.15, 0.2) is 11.5 Å². The van der Waals surface area contributed by atoms with Crippen molar-refractivity contribution in [2.75, 3.05) is 62.2 Å². The van der Waals surface area contributed by atoms with Crippen LogP contribution in [0.4, 0.5) is 45.1 Å². The molecular formula is C23H26F4N6O8. The number of piperazine rings is 2. The van der Waals surface area contributed by atoms with E-state index >= 15 is 0 Å². The lowest BCUT2D eigenvalue weighted by Gasteiger charge is -2.35. The largest absolute Gasteiger partial charge is 0.465 e. The van der Waals surface area contributed by atoms with Crippen LogP contribution in [0.5, 0.6) is 11.5 Å². The molecular weight excluding hydrogens is 564 g/mol. The first-order chi connectivity index (χ1) is 19.5. The van der Waals surface area contributed by atoms with E-state index in [0.29, 0.717) is 18.8 Å². The van der Waals surface area contributed by atoms with Gasteiger partial charge in [-0.2, -0.15) is 17.6 Å². The highest BCUT2D eigenvalue weighted by Gasteiger charge is 2.25. The third-order valence-electron chi connectivity index (χ3n) is 6.09. The van der Waals surface area contributed by atoms with Crippen LogP contribution in [0.1, 0.15) is 0 Å². The Morgan fingerprint density at radius 2 is 1.20 bits per heavy atom. The average molecular weight is 590 g/mol. The maximum absolute atomic E-state index is 12.5. The van der Waals surface area contributed by atoms with Gasteiger partial charge in [0, 0.05) is 64.5 Å². The summed E-state index contributed by atoms with van der Waals surface area (Å²) in [7, 11) is 0. The fourth-order valence-corrected chi connectivity index (χ4v) is 4.18. The van der Waals surface area contributed by atoms with Gasteiger partial charge in [0.1, 0.15) is 0 Å². The van der Waals surface area contributed by atoms with Crippen molar-refractivity contribution in [2.45, 2.75) is 13.2 Å². The number of rotatable bonds is 8. The summed E-state index contributed by atoms with van der Waals surface area (Å²) in [6.45, 7) is -2.41. The van der Waals surface area contributed by atoms with Crippen LogP contribution >= 0.6 is 0 Å². The van der Waals surface area contributed by atoms with Crippen LogP contribution in [0.2, 0.25) is 0 Å².